The van der Waals surface area contributed by atoms with E-state index in [-0.39, 0.29) is 24.7 Å². The van der Waals surface area contributed by atoms with Gasteiger partial charge in [0.2, 0.25) is 5.91 Å². The largest absolute Gasteiger partial charge is 0.497 e. The third kappa shape index (κ3) is 5.96. The van der Waals surface area contributed by atoms with Crippen molar-refractivity contribution in [2.24, 2.45) is 0 Å². The van der Waals surface area contributed by atoms with Crippen LogP contribution in [0.25, 0.3) is 0 Å². The van der Waals surface area contributed by atoms with Crippen molar-refractivity contribution >= 4 is 24.0 Å². The Kier molecular flexibility index (Phi) is 8.81. The SMILES string of the molecule is CCNCc1ccccc1NC(=O)Cc1cc(OC)ccc1OC.Cl. The number of methoxy groups -OCH3 is 2. The summed E-state index contributed by atoms with van der Waals surface area (Å²) in [5, 5.41) is 6.25. The number of carbonyl (C=O) groups is 1. The number of nitrogens with one attached hydrogen (secondary N) is 2. The molecule has 0 aliphatic carbocycles. The van der Waals surface area contributed by atoms with E-state index in [2.05, 4.69) is 17.6 Å². The van der Waals surface area contributed by atoms with Gasteiger partial charge < -0.3 is 20.1 Å². The zero-order chi connectivity index (χ0) is 17.4. The van der Waals surface area contributed by atoms with Gasteiger partial charge in [0.25, 0.3) is 0 Å². The molecule has 0 radical (unpaired) electrons. The number of ether oxygens (including phenoxy) is 2. The van der Waals surface area contributed by atoms with Crippen LogP contribution in [0.15, 0.2) is 42.5 Å². The lowest BCUT2D eigenvalue weighted by Gasteiger charge is -2.13. The third-order valence-electron chi connectivity index (χ3n) is 3.70. The molecule has 2 N–H and O–H groups in total. The number of anilines is 1. The Morgan fingerprint density at radius 1 is 1.04 bits per heavy atom. The maximum absolute atomic E-state index is 12.4. The number of halogens is 1. The van der Waals surface area contributed by atoms with Gasteiger partial charge in [0.05, 0.1) is 20.6 Å². The summed E-state index contributed by atoms with van der Waals surface area (Å²) in [6.45, 7) is 3.65. The molecule has 2 rings (SSSR count). The Morgan fingerprint density at radius 2 is 1.80 bits per heavy atom. The lowest BCUT2D eigenvalue weighted by Crippen LogP contribution is -2.18. The highest BCUT2D eigenvalue weighted by molar-refractivity contribution is 5.93. The Labute approximate surface area is 155 Å². The van der Waals surface area contributed by atoms with Crippen molar-refractivity contribution in [3.63, 3.8) is 0 Å². The maximum Gasteiger partial charge on any atom is 0.228 e. The fourth-order valence-corrected chi connectivity index (χ4v) is 2.44. The molecule has 2 aromatic carbocycles. The molecule has 2 aromatic rings. The predicted octanol–water partition coefficient (Wildman–Crippen LogP) is 3.42. The molecule has 136 valence electrons. The summed E-state index contributed by atoms with van der Waals surface area (Å²) in [7, 11) is 3.19. The fraction of sp³-hybridized carbons (Fsp3) is 0.316. The van der Waals surface area contributed by atoms with Gasteiger partial charge >= 0.3 is 0 Å². The number of rotatable bonds is 8. The van der Waals surface area contributed by atoms with Gasteiger partial charge in [0, 0.05) is 17.8 Å². The summed E-state index contributed by atoms with van der Waals surface area (Å²) in [5.41, 5.74) is 2.68. The smallest absolute Gasteiger partial charge is 0.228 e. The molecule has 1 amide bonds. The standard InChI is InChI=1S/C19H24N2O3.ClH/c1-4-20-13-14-7-5-6-8-17(14)21-19(22)12-15-11-16(23-2)9-10-18(15)24-3;/h5-11,20H,4,12-13H2,1-3H3,(H,21,22);1H. The lowest BCUT2D eigenvalue weighted by molar-refractivity contribution is -0.115. The van der Waals surface area contributed by atoms with Crippen LogP contribution in [0, 0.1) is 0 Å². The summed E-state index contributed by atoms with van der Waals surface area (Å²) >= 11 is 0. The van der Waals surface area contributed by atoms with Crippen LogP contribution in [0.2, 0.25) is 0 Å². The number of amides is 1. The first kappa shape index (κ1) is 20.8. The molecule has 0 atom stereocenters. The molecule has 0 spiro atoms. The molecule has 0 fully saturated rings. The Bertz CT molecular complexity index is 692. The molecule has 6 heteroatoms. The molecule has 5 nitrogen and oxygen atoms in total. The Balaban J connectivity index is 0.00000312. The number of benzene rings is 2. The number of para-hydroxylation sites is 1. The molecule has 0 heterocycles. The summed E-state index contributed by atoms with van der Waals surface area (Å²) in [6, 6.07) is 13.2. The summed E-state index contributed by atoms with van der Waals surface area (Å²) in [5.74, 6) is 1.28. The first-order chi connectivity index (χ1) is 11.7. The first-order valence-electron chi connectivity index (χ1n) is 7.97. The van der Waals surface area contributed by atoms with Gasteiger partial charge in [-0.05, 0) is 36.4 Å². The molecule has 25 heavy (non-hydrogen) atoms. The van der Waals surface area contributed by atoms with Crippen molar-refractivity contribution in [3.05, 3.63) is 53.6 Å². The molecule has 0 unspecified atom stereocenters. The number of hydrogen-bond donors (Lipinski definition) is 2. The maximum atomic E-state index is 12.4. The third-order valence-corrected chi connectivity index (χ3v) is 3.70. The van der Waals surface area contributed by atoms with Crippen LogP contribution in [0.3, 0.4) is 0 Å². The second kappa shape index (κ2) is 10.6. The van der Waals surface area contributed by atoms with Crippen molar-refractivity contribution < 1.29 is 14.3 Å². The molecule has 0 saturated heterocycles. The fourth-order valence-electron chi connectivity index (χ4n) is 2.44. The van der Waals surface area contributed by atoms with E-state index in [1.165, 1.54) is 0 Å². The second-order valence-corrected chi connectivity index (χ2v) is 5.34. The highest BCUT2D eigenvalue weighted by Gasteiger charge is 2.12. The molecule has 0 saturated carbocycles. The minimum Gasteiger partial charge on any atom is -0.497 e. The van der Waals surface area contributed by atoms with Crippen LogP contribution in [0.4, 0.5) is 5.69 Å². The minimum atomic E-state index is -0.0921. The van der Waals surface area contributed by atoms with E-state index in [9.17, 15) is 4.79 Å². The summed E-state index contributed by atoms with van der Waals surface area (Å²) < 4.78 is 10.5. The quantitative estimate of drug-likeness (QED) is 0.753. The number of carbonyl (C=O) groups excluding carboxylic acids is 1. The second-order valence-electron chi connectivity index (χ2n) is 5.34. The monoisotopic (exact) mass is 364 g/mol. The van der Waals surface area contributed by atoms with E-state index in [0.29, 0.717) is 11.5 Å². The highest BCUT2D eigenvalue weighted by atomic mass is 35.5. The molecule has 0 aromatic heterocycles. The van der Waals surface area contributed by atoms with Crippen LogP contribution in [-0.2, 0) is 17.8 Å². The Hall–Kier alpha value is -2.24. The van der Waals surface area contributed by atoms with Crippen LogP contribution >= 0.6 is 12.4 Å². The molecule has 0 aliphatic rings. The van der Waals surface area contributed by atoms with Crippen molar-refractivity contribution in [3.8, 4) is 11.5 Å². The average molecular weight is 365 g/mol. The van der Waals surface area contributed by atoms with E-state index >= 15 is 0 Å². The Morgan fingerprint density at radius 3 is 2.48 bits per heavy atom. The lowest BCUT2D eigenvalue weighted by atomic mass is 10.1. The minimum absolute atomic E-state index is 0. The van der Waals surface area contributed by atoms with E-state index in [1.807, 2.05) is 36.4 Å². The van der Waals surface area contributed by atoms with Crippen molar-refractivity contribution in [2.45, 2.75) is 19.9 Å². The van der Waals surface area contributed by atoms with Crippen LogP contribution in [0.5, 0.6) is 11.5 Å². The zero-order valence-corrected chi connectivity index (χ0v) is 15.6. The van der Waals surface area contributed by atoms with E-state index in [1.54, 1.807) is 20.3 Å². The van der Waals surface area contributed by atoms with Gasteiger partial charge in [-0.15, -0.1) is 12.4 Å². The summed E-state index contributed by atoms with van der Waals surface area (Å²) in [4.78, 5) is 12.4. The van der Waals surface area contributed by atoms with Gasteiger partial charge in [-0.3, -0.25) is 4.79 Å². The first-order valence-corrected chi connectivity index (χ1v) is 7.97. The van der Waals surface area contributed by atoms with Crippen LogP contribution in [0.1, 0.15) is 18.1 Å². The van der Waals surface area contributed by atoms with Gasteiger partial charge in [0.15, 0.2) is 0 Å². The number of hydrogen-bond acceptors (Lipinski definition) is 4. The van der Waals surface area contributed by atoms with E-state index in [0.717, 1.165) is 29.9 Å². The normalized spacial score (nSPS) is 9.88. The molecule has 0 bridgehead atoms. The van der Waals surface area contributed by atoms with Gasteiger partial charge in [-0.25, -0.2) is 0 Å². The van der Waals surface area contributed by atoms with Crippen molar-refractivity contribution in [1.82, 2.24) is 5.32 Å². The van der Waals surface area contributed by atoms with Gasteiger partial charge in [-0.1, -0.05) is 25.1 Å². The van der Waals surface area contributed by atoms with E-state index in [4.69, 9.17) is 9.47 Å². The summed E-state index contributed by atoms with van der Waals surface area (Å²) in [6.07, 6.45) is 0.218. The van der Waals surface area contributed by atoms with E-state index < -0.39 is 0 Å². The molecule has 0 aliphatic heterocycles. The molecular weight excluding hydrogens is 340 g/mol. The van der Waals surface area contributed by atoms with Crippen molar-refractivity contribution in [1.29, 1.82) is 0 Å². The highest BCUT2D eigenvalue weighted by Crippen LogP contribution is 2.25. The van der Waals surface area contributed by atoms with Crippen molar-refractivity contribution in [2.75, 3.05) is 26.1 Å². The van der Waals surface area contributed by atoms with Gasteiger partial charge in [-0.2, -0.15) is 0 Å². The average Bonchev–Trinajstić information content (AvgIpc) is 2.60. The van der Waals surface area contributed by atoms with Gasteiger partial charge in [0.1, 0.15) is 11.5 Å². The molecular formula is C19H25ClN2O3. The zero-order valence-electron chi connectivity index (χ0n) is 14.8. The van der Waals surface area contributed by atoms with Crippen LogP contribution in [-0.4, -0.2) is 26.7 Å². The van der Waals surface area contributed by atoms with Crippen LogP contribution < -0.4 is 20.1 Å². The topological polar surface area (TPSA) is 59.6 Å². The predicted molar refractivity (Wildman–Crippen MR) is 103 cm³/mol.